The molecule has 0 saturated carbocycles. The van der Waals surface area contributed by atoms with Crippen LogP contribution in [0.5, 0.6) is 0 Å². The summed E-state index contributed by atoms with van der Waals surface area (Å²) in [5.41, 5.74) is 13.4. The minimum Gasteiger partial charge on any atom is -0.369 e. The molecule has 0 aliphatic heterocycles. The molecule has 1 heterocycles. The molecule has 30 heavy (non-hydrogen) atoms. The second-order valence-electron chi connectivity index (χ2n) is 5.62. The summed E-state index contributed by atoms with van der Waals surface area (Å²) in [6.45, 7) is -6.00. The standard InChI is InChI=1S/C15H15Cl2F4N7O2/c16-8-2-1-7(24-12(29)11-9(17)5-28(26-11)14(20)21)3-6(8)4-10(22)27-30-15(23)25-13(18)19/h1-3,5,10,13-14,27H,4,22H2,(H2,23,25)(H,24,29)/t10-/m0/s1. The summed E-state index contributed by atoms with van der Waals surface area (Å²) in [6.07, 6.45) is -0.0796. The minimum absolute atomic E-state index is 0.0330. The number of nitrogens with one attached hydrogen (secondary N) is 2. The van der Waals surface area contributed by atoms with Crippen molar-refractivity contribution in [1.29, 1.82) is 0 Å². The number of carbonyl (C=O) groups excluding carboxylic acids is 1. The van der Waals surface area contributed by atoms with Crippen molar-refractivity contribution >= 4 is 40.8 Å². The van der Waals surface area contributed by atoms with E-state index in [0.29, 0.717) is 5.56 Å². The summed E-state index contributed by atoms with van der Waals surface area (Å²) < 4.78 is 49.6. The number of aliphatic imine (C=N–C) groups is 1. The molecule has 15 heteroatoms. The lowest BCUT2D eigenvalue weighted by Crippen LogP contribution is -2.42. The third-order valence-electron chi connectivity index (χ3n) is 3.39. The molecule has 2 rings (SSSR count). The molecule has 0 fully saturated rings. The quantitative estimate of drug-likeness (QED) is 0.117. The van der Waals surface area contributed by atoms with Crippen molar-refractivity contribution in [2.75, 3.05) is 5.32 Å². The number of nitrogens with two attached hydrogens (primary N) is 2. The van der Waals surface area contributed by atoms with Crippen molar-refractivity contribution in [2.45, 2.75) is 25.7 Å². The van der Waals surface area contributed by atoms with Crippen molar-refractivity contribution in [2.24, 2.45) is 16.5 Å². The summed E-state index contributed by atoms with van der Waals surface area (Å²) in [5.74, 6) is -0.825. The molecule has 164 valence electrons. The Morgan fingerprint density at radius 3 is 2.57 bits per heavy atom. The van der Waals surface area contributed by atoms with Gasteiger partial charge in [0.05, 0.1) is 17.4 Å². The Morgan fingerprint density at radius 1 is 1.27 bits per heavy atom. The summed E-state index contributed by atoms with van der Waals surface area (Å²) >= 11 is 11.8. The maximum absolute atomic E-state index is 12.7. The zero-order chi connectivity index (χ0) is 22.4. The van der Waals surface area contributed by atoms with Gasteiger partial charge in [-0.3, -0.25) is 4.79 Å². The molecule has 1 aromatic heterocycles. The van der Waals surface area contributed by atoms with Gasteiger partial charge in [-0.05, 0) is 23.8 Å². The van der Waals surface area contributed by atoms with E-state index < -0.39 is 36.9 Å². The van der Waals surface area contributed by atoms with Gasteiger partial charge >= 0.3 is 19.1 Å². The summed E-state index contributed by atoms with van der Waals surface area (Å²) in [7, 11) is 0. The van der Waals surface area contributed by atoms with E-state index in [0.717, 1.165) is 6.20 Å². The lowest BCUT2D eigenvalue weighted by Gasteiger charge is -2.15. The zero-order valence-corrected chi connectivity index (χ0v) is 16.3. The van der Waals surface area contributed by atoms with Crippen LogP contribution in [0.1, 0.15) is 22.6 Å². The number of alkyl halides is 4. The predicted octanol–water partition coefficient (Wildman–Crippen LogP) is 2.72. The second kappa shape index (κ2) is 10.4. The molecule has 0 aliphatic rings. The number of anilines is 1. The van der Waals surface area contributed by atoms with Crippen LogP contribution in [0, 0.1) is 0 Å². The van der Waals surface area contributed by atoms with Gasteiger partial charge in [-0.25, -0.2) is 4.68 Å². The van der Waals surface area contributed by atoms with Crippen LogP contribution in [-0.2, 0) is 11.3 Å². The van der Waals surface area contributed by atoms with Crippen LogP contribution in [0.25, 0.3) is 0 Å². The maximum atomic E-state index is 12.7. The number of nitrogens with zero attached hydrogens (tertiary/aromatic N) is 3. The van der Waals surface area contributed by atoms with Crippen LogP contribution < -0.4 is 22.3 Å². The lowest BCUT2D eigenvalue weighted by atomic mass is 10.1. The van der Waals surface area contributed by atoms with Gasteiger partial charge in [0.25, 0.3) is 5.91 Å². The van der Waals surface area contributed by atoms with Gasteiger partial charge in [0, 0.05) is 17.1 Å². The number of benzene rings is 1. The average molecular weight is 472 g/mol. The zero-order valence-electron chi connectivity index (χ0n) is 14.8. The number of hydroxylamine groups is 1. The fourth-order valence-electron chi connectivity index (χ4n) is 2.16. The van der Waals surface area contributed by atoms with Crippen LogP contribution in [-0.4, -0.2) is 34.4 Å². The van der Waals surface area contributed by atoms with Gasteiger partial charge in [0.2, 0.25) is 0 Å². The Bertz CT molecular complexity index is 926. The van der Waals surface area contributed by atoms with E-state index >= 15 is 0 Å². The summed E-state index contributed by atoms with van der Waals surface area (Å²) in [4.78, 5) is 19.5. The third kappa shape index (κ3) is 6.73. The first-order chi connectivity index (χ1) is 14.1. The van der Waals surface area contributed by atoms with Crippen molar-refractivity contribution in [1.82, 2.24) is 15.3 Å². The van der Waals surface area contributed by atoms with E-state index in [1.54, 1.807) is 0 Å². The fraction of sp³-hybridized carbons (Fsp3) is 0.267. The molecule has 1 amide bonds. The molecule has 0 spiro atoms. The molecule has 1 aromatic carbocycles. The number of amidine groups is 1. The largest absolute Gasteiger partial charge is 0.369 e. The van der Waals surface area contributed by atoms with Crippen LogP contribution in [0.15, 0.2) is 29.4 Å². The van der Waals surface area contributed by atoms with E-state index in [4.69, 9.17) is 34.7 Å². The number of aromatic nitrogens is 2. The Morgan fingerprint density at radius 2 is 1.97 bits per heavy atom. The van der Waals surface area contributed by atoms with Crippen molar-refractivity contribution in [3.8, 4) is 0 Å². The molecule has 0 aliphatic carbocycles. The van der Waals surface area contributed by atoms with Gasteiger partial charge < -0.3 is 21.6 Å². The van der Waals surface area contributed by atoms with Crippen LogP contribution in [0.4, 0.5) is 23.2 Å². The summed E-state index contributed by atoms with van der Waals surface area (Å²) in [5, 5.41) is 5.90. The Balaban J connectivity index is 2.05. The van der Waals surface area contributed by atoms with Crippen LogP contribution >= 0.6 is 23.2 Å². The van der Waals surface area contributed by atoms with Gasteiger partial charge in [0.15, 0.2) is 5.69 Å². The number of amides is 1. The van der Waals surface area contributed by atoms with Crippen LogP contribution in [0.2, 0.25) is 10.0 Å². The van der Waals surface area contributed by atoms with E-state index in [-0.39, 0.29) is 26.8 Å². The van der Waals surface area contributed by atoms with E-state index in [1.807, 2.05) is 0 Å². The number of halogens is 6. The normalized spacial score (nSPS) is 13.0. The second-order valence-corrected chi connectivity index (χ2v) is 6.43. The first kappa shape index (κ1) is 23.7. The number of carbonyl (C=O) groups is 1. The molecular formula is C15H15Cl2F4N7O2. The molecule has 2 aromatic rings. The number of rotatable bonds is 8. The lowest BCUT2D eigenvalue weighted by molar-refractivity contribution is 0.0561. The molecule has 0 unspecified atom stereocenters. The molecular weight excluding hydrogens is 457 g/mol. The monoisotopic (exact) mass is 471 g/mol. The highest BCUT2D eigenvalue weighted by molar-refractivity contribution is 6.34. The van der Waals surface area contributed by atoms with Gasteiger partial charge in [-0.1, -0.05) is 23.2 Å². The highest BCUT2D eigenvalue weighted by Gasteiger charge is 2.19. The van der Waals surface area contributed by atoms with Crippen LogP contribution in [0.3, 0.4) is 0 Å². The maximum Gasteiger partial charge on any atom is 0.336 e. The van der Waals surface area contributed by atoms with Crippen molar-refractivity contribution in [3.05, 3.63) is 45.7 Å². The highest BCUT2D eigenvalue weighted by atomic mass is 35.5. The number of hydrogen-bond donors (Lipinski definition) is 4. The number of hydrogen-bond acceptors (Lipinski definition) is 6. The van der Waals surface area contributed by atoms with E-state index in [9.17, 15) is 22.4 Å². The molecule has 1 atom stereocenters. The van der Waals surface area contributed by atoms with Crippen molar-refractivity contribution < 1.29 is 27.2 Å². The minimum atomic E-state index is -3.04. The van der Waals surface area contributed by atoms with E-state index in [1.165, 1.54) is 18.2 Å². The smallest absolute Gasteiger partial charge is 0.336 e. The molecule has 9 nitrogen and oxygen atoms in total. The SMILES string of the molecule is N/C(=N/C(F)F)ON[C@H](N)Cc1cc(NC(=O)c2nn(C(F)F)cc2Cl)ccc1Cl. The third-order valence-corrected chi connectivity index (χ3v) is 4.03. The molecule has 0 radical (unpaired) electrons. The average Bonchev–Trinajstić information content (AvgIpc) is 3.04. The Hall–Kier alpha value is -2.61. The topological polar surface area (TPSA) is 133 Å². The predicted molar refractivity (Wildman–Crippen MR) is 101 cm³/mol. The molecule has 6 N–H and O–H groups in total. The van der Waals surface area contributed by atoms with Gasteiger partial charge in [-0.15, -0.1) is 5.48 Å². The van der Waals surface area contributed by atoms with E-state index in [2.05, 4.69) is 25.7 Å². The Kier molecular flexibility index (Phi) is 8.23. The van der Waals surface area contributed by atoms with Crippen molar-refractivity contribution in [3.63, 3.8) is 0 Å². The molecule has 0 saturated heterocycles. The first-order valence-corrected chi connectivity index (χ1v) is 8.74. The van der Waals surface area contributed by atoms with Gasteiger partial charge in [-0.2, -0.15) is 27.7 Å². The Labute approximate surface area is 176 Å². The molecule has 0 bridgehead atoms. The summed E-state index contributed by atoms with van der Waals surface area (Å²) in [6, 6.07) is 3.54. The highest BCUT2D eigenvalue weighted by Crippen LogP contribution is 2.24. The van der Waals surface area contributed by atoms with Gasteiger partial charge in [0.1, 0.15) is 0 Å². The fourth-order valence-corrected chi connectivity index (χ4v) is 2.58. The first-order valence-electron chi connectivity index (χ1n) is 7.98.